The number of imide groups is 1. The zero-order valence-corrected chi connectivity index (χ0v) is 24.5. The predicted molar refractivity (Wildman–Crippen MR) is 163 cm³/mol. The number of nitrogens with one attached hydrogen (secondary N) is 1. The average molecular weight is 589 g/mol. The Morgan fingerprint density at radius 1 is 0.795 bits per heavy atom. The van der Waals surface area contributed by atoms with Gasteiger partial charge in [-0.3, -0.25) is 14.5 Å². The number of hydrogen-bond donors (Lipinski definition) is 1. The van der Waals surface area contributed by atoms with Gasteiger partial charge in [0.25, 0.3) is 11.8 Å². The van der Waals surface area contributed by atoms with Crippen LogP contribution in [0.1, 0.15) is 37.7 Å². The SMILES string of the molecule is COc1cc(-c2nc(Cn3cc(CN4C(=O)c5ccc(C)cc5C4=O)nn3)cc3c2[nH]c2ccccc23)cc(OC)c1OC. The fourth-order valence-electron chi connectivity index (χ4n) is 5.77. The van der Waals surface area contributed by atoms with E-state index in [4.69, 9.17) is 19.2 Å². The molecule has 0 spiro atoms. The maximum Gasteiger partial charge on any atom is 0.261 e. The van der Waals surface area contributed by atoms with Crippen molar-refractivity contribution in [3.63, 3.8) is 0 Å². The van der Waals surface area contributed by atoms with E-state index in [9.17, 15) is 9.59 Å². The third-order valence-electron chi connectivity index (χ3n) is 7.84. The summed E-state index contributed by atoms with van der Waals surface area (Å²) in [7, 11) is 4.72. The van der Waals surface area contributed by atoms with E-state index in [0.29, 0.717) is 46.3 Å². The van der Waals surface area contributed by atoms with Crippen LogP contribution in [-0.2, 0) is 13.1 Å². The van der Waals surface area contributed by atoms with Crippen molar-refractivity contribution in [3.05, 3.63) is 94.9 Å². The van der Waals surface area contributed by atoms with Gasteiger partial charge in [-0.25, -0.2) is 9.67 Å². The summed E-state index contributed by atoms with van der Waals surface area (Å²) in [5.41, 5.74) is 6.30. The molecule has 0 fully saturated rings. The molecule has 11 heteroatoms. The number of fused-ring (bicyclic) bond motifs is 4. The highest BCUT2D eigenvalue weighted by Crippen LogP contribution is 2.43. The van der Waals surface area contributed by atoms with Crippen LogP contribution in [0.25, 0.3) is 33.1 Å². The van der Waals surface area contributed by atoms with E-state index < -0.39 is 0 Å². The van der Waals surface area contributed by atoms with Crippen molar-refractivity contribution < 1.29 is 23.8 Å². The number of benzene rings is 3. The minimum atomic E-state index is -0.332. The molecule has 3 aromatic carbocycles. The number of carbonyl (C=O) groups is 2. The maximum absolute atomic E-state index is 13.0. The van der Waals surface area contributed by atoms with Crippen molar-refractivity contribution in [1.82, 2.24) is 29.9 Å². The second kappa shape index (κ2) is 10.5. The quantitative estimate of drug-likeness (QED) is 0.242. The van der Waals surface area contributed by atoms with E-state index in [-0.39, 0.29) is 18.4 Å². The summed E-state index contributed by atoms with van der Waals surface area (Å²) in [4.78, 5) is 35.7. The Morgan fingerprint density at radius 2 is 1.55 bits per heavy atom. The molecule has 0 aliphatic carbocycles. The number of nitrogens with zero attached hydrogens (tertiary/aromatic N) is 5. The van der Waals surface area contributed by atoms with Crippen molar-refractivity contribution in [2.24, 2.45) is 0 Å². The van der Waals surface area contributed by atoms with Crippen molar-refractivity contribution in [1.29, 1.82) is 0 Å². The fraction of sp³-hybridized carbons (Fsp3) is 0.182. The first-order valence-electron chi connectivity index (χ1n) is 13.9. The lowest BCUT2D eigenvalue weighted by Crippen LogP contribution is -2.29. The van der Waals surface area contributed by atoms with Gasteiger partial charge in [-0.15, -0.1) is 5.10 Å². The van der Waals surface area contributed by atoms with Gasteiger partial charge in [-0.05, 0) is 43.3 Å². The minimum absolute atomic E-state index is 0.0248. The Bertz CT molecular complexity index is 2090. The van der Waals surface area contributed by atoms with Crippen LogP contribution in [0.15, 0.2) is 66.9 Å². The first kappa shape index (κ1) is 27.1. The molecule has 6 aromatic rings. The van der Waals surface area contributed by atoms with Crippen LogP contribution in [0, 0.1) is 6.92 Å². The number of ether oxygens (including phenoxy) is 3. The molecule has 0 radical (unpaired) electrons. The lowest BCUT2D eigenvalue weighted by atomic mass is 10.1. The van der Waals surface area contributed by atoms with Crippen molar-refractivity contribution in [3.8, 4) is 28.5 Å². The van der Waals surface area contributed by atoms with Crippen LogP contribution < -0.4 is 14.2 Å². The summed E-state index contributed by atoms with van der Waals surface area (Å²) in [5, 5.41) is 10.6. The number of aryl methyl sites for hydroxylation is 1. The number of para-hydroxylation sites is 1. The molecule has 3 aromatic heterocycles. The van der Waals surface area contributed by atoms with E-state index in [2.05, 4.69) is 21.4 Å². The monoisotopic (exact) mass is 588 g/mol. The fourth-order valence-corrected chi connectivity index (χ4v) is 5.77. The molecular formula is C33H28N6O5. The van der Waals surface area contributed by atoms with Crippen LogP contribution in [0.3, 0.4) is 0 Å². The Labute approximate surface area is 252 Å². The third kappa shape index (κ3) is 4.41. The summed E-state index contributed by atoms with van der Waals surface area (Å²) in [6, 6.07) is 19.1. The Hall–Kier alpha value is -5.71. The third-order valence-corrected chi connectivity index (χ3v) is 7.84. The van der Waals surface area contributed by atoms with E-state index >= 15 is 0 Å². The predicted octanol–water partition coefficient (Wildman–Crippen LogP) is 5.15. The summed E-state index contributed by atoms with van der Waals surface area (Å²) in [6.45, 7) is 2.22. The average Bonchev–Trinajstić information content (AvgIpc) is 3.71. The van der Waals surface area contributed by atoms with Crippen LogP contribution in [0.4, 0.5) is 0 Å². The highest BCUT2D eigenvalue weighted by molar-refractivity contribution is 6.21. The zero-order valence-electron chi connectivity index (χ0n) is 24.5. The van der Waals surface area contributed by atoms with Crippen molar-refractivity contribution in [2.75, 3.05) is 21.3 Å². The Balaban J connectivity index is 1.25. The zero-order chi connectivity index (χ0) is 30.5. The molecule has 220 valence electrons. The van der Waals surface area contributed by atoms with Gasteiger partial charge in [0.1, 0.15) is 5.69 Å². The van der Waals surface area contributed by atoms with E-state index in [1.54, 1.807) is 44.3 Å². The number of amides is 2. The van der Waals surface area contributed by atoms with Gasteiger partial charge in [-0.1, -0.05) is 35.0 Å². The first-order valence-corrected chi connectivity index (χ1v) is 13.9. The molecule has 0 saturated carbocycles. The Morgan fingerprint density at radius 3 is 2.30 bits per heavy atom. The number of aromatic nitrogens is 5. The van der Waals surface area contributed by atoms with Gasteiger partial charge in [0.15, 0.2) is 11.5 Å². The number of methoxy groups -OCH3 is 3. The van der Waals surface area contributed by atoms with Gasteiger partial charge in [0.2, 0.25) is 5.75 Å². The van der Waals surface area contributed by atoms with Crippen molar-refractivity contribution >= 4 is 33.6 Å². The highest BCUT2D eigenvalue weighted by Gasteiger charge is 2.36. The Kier molecular flexibility index (Phi) is 6.50. The van der Waals surface area contributed by atoms with Crippen LogP contribution in [0.5, 0.6) is 17.2 Å². The largest absolute Gasteiger partial charge is 0.493 e. The number of rotatable bonds is 8. The first-order chi connectivity index (χ1) is 21.4. The van der Waals surface area contributed by atoms with E-state index in [0.717, 1.165) is 38.6 Å². The lowest BCUT2D eigenvalue weighted by molar-refractivity contribution is 0.0640. The molecule has 0 saturated heterocycles. The molecule has 1 aliphatic rings. The summed E-state index contributed by atoms with van der Waals surface area (Å²) in [6.07, 6.45) is 1.73. The lowest BCUT2D eigenvalue weighted by Gasteiger charge is -2.15. The molecular weight excluding hydrogens is 560 g/mol. The minimum Gasteiger partial charge on any atom is -0.493 e. The molecule has 0 atom stereocenters. The molecule has 0 unspecified atom stereocenters. The number of hydrogen-bond acceptors (Lipinski definition) is 8. The maximum atomic E-state index is 13.0. The highest BCUT2D eigenvalue weighted by atomic mass is 16.5. The van der Waals surface area contributed by atoms with Gasteiger partial charge in [0.05, 0.1) is 68.6 Å². The van der Waals surface area contributed by atoms with Gasteiger partial charge in [-0.2, -0.15) is 0 Å². The van der Waals surface area contributed by atoms with Crippen LogP contribution >= 0.6 is 0 Å². The molecule has 7 rings (SSSR count). The molecule has 2 amide bonds. The molecule has 0 bridgehead atoms. The number of H-pyrrole nitrogens is 1. The molecule has 1 N–H and O–H groups in total. The second-order valence-corrected chi connectivity index (χ2v) is 10.6. The van der Waals surface area contributed by atoms with Crippen LogP contribution in [0.2, 0.25) is 0 Å². The molecule has 4 heterocycles. The van der Waals surface area contributed by atoms with E-state index in [1.807, 2.05) is 49.4 Å². The van der Waals surface area contributed by atoms with Crippen molar-refractivity contribution in [2.45, 2.75) is 20.0 Å². The van der Waals surface area contributed by atoms with E-state index in [1.165, 1.54) is 4.90 Å². The number of pyridine rings is 1. The van der Waals surface area contributed by atoms with Crippen LogP contribution in [-0.4, -0.2) is 63.0 Å². The number of aromatic amines is 1. The van der Waals surface area contributed by atoms with Gasteiger partial charge in [0, 0.05) is 21.9 Å². The van der Waals surface area contributed by atoms with Gasteiger partial charge >= 0.3 is 0 Å². The standard InChI is InChI=1S/C33H28N6O5/c1-18-9-10-23-25(11-18)33(41)39(32(23)40)17-21-16-38(37-36-21)15-20-14-24-22-7-5-6-8-26(22)35-30(24)29(34-20)19-12-27(42-2)31(44-4)28(13-19)43-3/h5-14,16,35H,15,17H2,1-4H3. The molecule has 44 heavy (non-hydrogen) atoms. The second-order valence-electron chi connectivity index (χ2n) is 10.6. The summed E-state index contributed by atoms with van der Waals surface area (Å²) < 4.78 is 18.4. The summed E-state index contributed by atoms with van der Waals surface area (Å²) in [5.74, 6) is 0.863. The molecule has 1 aliphatic heterocycles. The molecule has 11 nitrogen and oxygen atoms in total. The number of carbonyl (C=O) groups excluding carboxylic acids is 2. The van der Waals surface area contributed by atoms with Gasteiger partial charge < -0.3 is 19.2 Å². The smallest absolute Gasteiger partial charge is 0.261 e. The summed E-state index contributed by atoms with van der Waals surface area (Å²) >= 11 is 0. The topological polar surface area (TPSA) is 124 Å². The normalized spacial score (nSPS) is 12.8.